The normalized spacial score (nSPS) is 12.9. The summed E-state index contributed by atoms with van der Waals surface area (Å²) in [5.74, 6) is 1.62. The first-order valence-corrected chi connectivity index (χ1v) is 6.84. The molecule has 0 fully saturated rings. The molecule has 0 saturated heterocycles. The van der Waals surface area contributed by atoms with Gasteiger partial charge in [-0.05, 0) is 32.4 Å². The molecule has 1 aromatic rings. The molecule has 0 bridgehead atoms. The molecule has 0 amide bonds. The van der Waals surface area contributed by atoms with E-state index in [9.17, 15) is 0 Å². The molecule has 0 aliphatic rings. The van der Waals surface area contributed by atoms with Crippen LogP contribution >= 0.6 is 0 Å². The van der Waals surface area contributed by atoms with E-state index < -0.39 is 0 Å². The van der Waals surface area contributed by atoms with Crippen LogP contribution in [0.25, 0.3) is 0 Å². The number of nitrogens with zero attached hydrogens (tertiary/aromatic N) is 2. The van der Waals surface area contributed by atoms with Crippen molar-refractivity contribution in [2.45, 2.75) is 33.2 Å². The number of rotatable bonds is 7. The Hall–Kier alpha value is -1.78. The molecule has 19 heavy (non-hydrogen) atoms. The van der Waals surface area contributed by atoms with Gasteiger partial charge >= 0.3 is 0 Å². The van der Waals surface area contributed by atoms with Crippen molar-refractivity contribution in [2.24, 2.45) is 4.99 Å². The van der Waals surface area contributed by atoms with Crippen LogP contribution in [0, 0.1) is 0 Å². The van der Waals surface area contributed by atoms with Crippen LogP contribution in [0.2, 0.25) is 0 Å². The second-order valence-electron chi connectivity index (χ2n) is 4.25. The summed E-state index contributed by atoms with van der Waals surface area (Å²) in [5, 5.41) is 6.55. The predicted octanol–water partition coefficient (Wildman–Crippen LogP) is 1.81. The van der Waals surface area contributed by atoms with Crippen LogP contribution in [0.1, 0.15) is 27.2 Å². The van der Waals surface area contributed by atoms with Crippen molar-refractivity contribution >= 4 is 5.96 Å². The Morgan fingerprint density at radius 1 is 1.47 bits per heavy atom. The van der Waals surface area contributed by atoms with E-state index in [1.165, 1.54) is 0 Å². The minimum atomic E-state index is 0.414. The number of nitrogens with one attached hydrogen (secondary N) is 2. The lowest BCUT2D eigenvalue weighted by Crippen LogP contribution is -2.42. The lowest BCUT2D eigenvalue weighted by Gasteiger charge is -2.16. The van der Waals surface area contributed by atoms with Crippen LogP contribution < -0.4 is 15.4 Å². The fourth-order valence-corrected chi connectivity index (χ4v) is 1.41. The van der Waals surface area contributed by atoms with Gasteiger partial charge in [-0.25, -0.2) is 4.99 Å². The van der Waals surface area contributed by atoms with E-state index >= 15 is 0 Å². The third-order valence-electron chi connectivity index (χ3n) is 2.60. The molecule has 0 aromatic carbocycles. The van der Waals surface area contributed by atoms with Gasteiger partial charge in [0.25, 0.3) is 0 Å². The molecule has 0 spiro atoms. The van der Waals surface area contributed by atoms with E-state index in [2.05, 4.69) is 41.4 Å². The Morgan fingerprint density at radius 3 is 2.95 bits per heavy atom. The Balaban J connectivity index is 2.34. The van der Waals surface area contributed by atoms with Crippen LogP contribution in [0.15, 0.2) is 29.5 Å². The molecule has 0 saturated carbocycles. The fourth-order valence-electron chi connectivity index (χ4n) is 1.41. The molecule has 0 aliphatic carbocycles. The summed E-state index contributed by atoms with van der Waals surface area (Å²) >= 11 is 0. The Bertz CT molecular complexity index is 367. The van der Waals surface area contributed by atoms with Crippen LogP contribution in [-0.2, 0) is 0 Å². The molecule has 2 N–H and O–H groups in total. The van der Waals surface area contributed by atoms with Gasteiger partial charge < -0.3 is 15.4 Å². The maximum absolute atomic E-state index is 5.54. The summed E-state index contributed by atoms with van der Waals surface area (Å²) in [6.45, 7) is 8.35. The Labute approximate surface area is 115 Å². The smallest absolute Gasteiger partial charge is 0.191 e. The molecule has 1 rings (SSSR count). The zero-order valence-corrected chi connectivity index (χ0v) is 12.0. The van der Waals surface area contributed by atoms with Crippen molar-refractivity contribution < 1.29 is 4.74 Å². The topological polar surface area (TPSA) is 58.5 Å². The van der Waals surface area contributed by atoms with Crippen LogP contribution in [0.4, 0.5) is 0 Å². The van der Waals surface area contributed by atoms with Gasteiger partial charge in [0.05, 0.1) is 12.7 Å². The van der Waals surface area contributed by atoms with E-state index in [1.807, 2.05) is 12.1 Å². The van der Waals surface area contributed by atoms with Crippen LogP contribution in [0.3, 0.4) is 0 Å². The zero-order valence-electron chi connectivity index (χ0n) is 12.0. The number of pyridine rings is 1. The third kappa shape index (κ3) is 6.64. The Morgan fingerprint density at radius 2 is 2.32 bits per heavy atom. The minimum Gasteiger partial charge on any atom is -0.490 e. The predicted molar refractivity (Wildman–Crippen MR) is 78.6 cm³/mol. The number of aliphatic imine (C=N–C) groups is 1. The van der Waals surface area contributed by atoms with Crippen LogP contribution in [-0.4, -0.2) is 36.7 Å². The van der Waals surface area contributed by atoms with Crippen LogP contribution in [0.5, 0.6) is 5.75 Å². The van der Waals surface area contributed by atoms with Gasteiger partial charge in [0, 0.05) is 18.8 Å². The maximum atomic E-state index is 5.54. The van der Waals surface area contributed by atoms with Crippen molar-refractivity contribution in [2.75, 3.05) is 19.7 Å². The quantitative estimate of drug-likeness (QED) is 0.448. The molecule has 106 valence electrons. The molecule has 1 heterocycles. The second-order valence-corrected chi connectivity index (χ2v) is 4.25. The molecule has 1 atom stereocenters. The zero-order chi connectivity index (χ0) is 13.9. The second kappa shape index (κ2) is 9.19. The van der Waals surface area contributed by atoms with Crippen molar-refractivity contribution in [3.05, 3.63) is 24.5 Å². The monoisotopic (exact) mass is 264 g/mol. The van der Waals surface area contributed by atoms with E-state index in [-0.39, 0.29) is 0 Å². The highest BCUT2D eigenvalue weighted by molar-refractivity contribution is 5.80. The lowest BCUT2D eigenvalue weighted by atomic mass is 10.3. The maximum Gasteiger partial charge on any atom is 0.191 e. The first-order valence-electron chi connectivity index (χ1n) is 6.84. The highest BCUT2D eigenvalue weighted by Crippen LogP contribution is 2.05. The largest absolute Gasteiger partial charge is 0.490 e. The summed E-state index contributed by atoms with van der Waals surface area (Å²) in [7, 11) is 0. The molecule has 1 aromatic heterocycles. The van der Waals surface area contributed by atoms with Gasteiger partial charge in [0.1, 0.15) is 12.4 Å². The lowest BCUT2D eigenvalue weighted by molar-refractivity contribution is 0.327. The number of guanidine groups is 1. The molecule has 5 nitrogen and oxygen atoms in total. The van der Waals surface area contributed by atoms with Gasteiger partial charge in [-0.3, -0.25) is 4.98 Å². The van der Waals surface area contributed by atoms with E-state index in [0.29, 0.717) is 19.2 Å². The SMILES string of the molecule is CCNC(=NCCOc1cccnc1)NC(C)CC. The molecule has 1 unspecified atom stereocenters. The molecular formula is C14H24N4O. The molecule has 0 radical (unpaired) electrons. The van der Waals surface area contributed by atoms with E-state index in [4.69, 9.17) is 4.74 Å². The molecule has 0 aliphatic heterocycles. The molecular weight excluding hydrogens is 240 g/mol. The van der Waals surface area contributed by atoms with Crippen molar-refractivity contribution in [1.82, 2.24) is 15.6 Å². The van der Waals surface area contributed by atoms with Crippen molar-refractivity contribution in [3.63, 3.8) is 0 Å². The first kappa shape index (κ1) is 15.3. The summed E-state index contributed by atoms with van der Waals surface area (Å²) in [6.07, 6.45) is 4.49. The fraction of sp³-hybridized carbons (Fsp3) is 0.571. The standard InChI is InChI=1S/C14H24N4O/c1-4-12(3)18-14(16-5-2)17-9-10-19-13-7-6-8-15-11-13/h6-8,11-12H,4-5,9-10H2,1-3H3,(H2,16,17,18). The summed E-state index contributed by atoms with van der Waals surface area (Å²) < 4.78 is 5.54. The Kier molecular flexibility index (Phi) is 7.39. The van der Waals surface area contributed by atoms with Gasteiger partial charge in [-0.1, -0.05) is 6.92 Å². The number of hydrogen-bond acceptors (Lipinski definition) is 3. The minimum absolute atomic E-state index is 0.414. The number of aromatic nitrogens is 1. The third-order valence-corrected chi connectivity index (χ3v) is 2.60. The van der Waals surface area contributed by atoms with E-state index in [0.717, 1.165) is 24.7 Å². The van der Waals surface area contributed by atoms with Crippen molar-refractivity contribution in [3.8, 4) is 5.75 Å². The average molecular weight is 264 g/mol. The van der Waals surface area contributed by atoms with Gasteiger partial charge in [-0.15, -0.1) is 0 Å². The van der Waals surface area contributed by atoms with Gasteiger partial charge in [-0.2, -0.15) is 0 Å². The van der Waals surface area contributed by atoms with E-state index in [1.54, 1.807) is 12.4 Å². The highest BCUT2D eigenvalue weighted by Gasteiger charge is 2.01. The number of hydrogen-bond donors (Lipinski definition) is 2. The van der Waals surface area contributed by atoms with Gasteiger partial charge in [0.15, 0.2) is 5.96 Å². The summed E-state index contributed by atoms with van der Waals surface area (Å²) in [5.41, 5.74) is 0. The highest BCUT2D eigenvalue weighted by atomic mass is 16.5. The number of ether oxygens (including phenoxy) is 1. The van der Waals surface area contributed by atoms with Crippen molar-refractivity contribution in [1.29, 1.82) is 0 Å². The summed E-state index contributed by atoms with van der Waals surface area (Å²) in [6, 6.07) is 4.16. The average Bonchev–Trinajstić information content (AvgIpc) is 2.44. The summed E-state index contributed by atoms with van der Waals surface area (Å²) in [4.78, 5) is 8.46. The molecule has 5 heteroatoms. The van der Waals surface area contributed by atoms with Gasteiger partial charge in [0.2, 0.25) is 0 Å². The first-order chi connectivity index (χ1) is 9.26.